The second-order valence-electron chi connectivity index (χ2n) is 3.90. The summed E-state index contributed by atoms with van der Waals surface area (Å²) < 4.78 is 0. The molecule has 1 aromatic rings. The van der Waals surface area contributed by atoms with E-state index >= 15 is 0 Å². The summed E-state index contributed by atoms with van der Waals surface area (Å²) in [4.78, 5) is 23.4. The predicted molar refractivity (Wildman–Crippen MR) is 80.9 cm³/mol. The van der Waals surface area contributed by atoms with Crippen LogP contribution in [0.5, 0.6) is 0 Å². The molecular formula is C16H18N2O2. The van der Waals surface area contributed by atoms with Crippen molar-refractivity contribution in [1.82, 2.24) is 5.32 Å². The molecule has 0 saturated carbocycles. The normalized spacial score (nSPS) is 11.8. The van der Waals surface area contributed by atoms with Crippen LogP contribution in [0.25, 0.3) is 0 Å². The summed E-state index contributed by atoms with van der Waals surface area (Å²) in [5.74, 6) is -1.40. The van der Waals surface area contributed by atoms with Gasteiger partial charge in [0.1, 0.15) is 0 Å². The van der Waals surface area contributed by atoms with Gasteiger partial charge >= 0.3 is 11.8 Å². The van der Waals surface area contributed by atoms with Gasteiger partial charge in [0.2, 0.25) is 0 Å². The molecule has 4 heteroatoms. The van der Waals surface area contributed by atoms with Gasteiger partial charge in [-0.15, -0.1) is 0 Å². The zero-order valence-electron chi connectivity index (χ0n) is 11.6. The molecule has 0 aliphatic rings. The van der Waals surface area contributed by atoms with E-state index in [4.69, 9.17) is 0 Å². The van der Waals surface area contributed by atoms with Gasteiger partial charge < -0.3 is 10.6 Å². The molecule has 104 valence electrons. The van der Waals surface area contributed by atoms with E-state index in [9.17, 15) is 9.59 Å². The van der Waals surface area contributed by atoms with Crippen LogP contribution in [0.4, 0.5) is 5.69 Å². The Morgan fingerprint density at radius 2 is 1.70 bits per heavy atom. The highest BCUT2D eigenvalue weighted by Crippen LogP contribution is 2.04. The monoisotopic (exact) mass is 270 g/mol. The van der Waals surface area contributed by atoms with E-state index < -0.39 is 11.8 Å². The number of carbonyl (C=O) groups is 2. The summed E-state index contributed by atoms with van der Waals surface area (Å²) in [5, 5.41) is 5.06. The number of benzene rings is 1. The Kier molecular flexibility index (Phi) is 6.54. The largest absolute Gasteiger partial charge is 0.318 e. The van der Waals surface area contributed by atoms with E-state index in [0.29, 0.717) is 11.4 Å². The van der Waals surface area contributed by atoms with Gasteiger partial charge in [-0.1, -0.05) is 42.5 Å². The van der Waals surface area contributed by atoms with E-state index in [0.717, 1.165) is 0 Å². The summed E-state index contributed by atoms with van der Waals surface area (Å²) in [6.45, 7) is 3.68. The Balaban J connectivity index is 2.59. The summed E-state index contributed by atoms with van der Waals surface area (Å²) in [6, 6.07) is 8.83. The lowest BCUT2D eigenvalue weighted by Crippen LogP contribution is -2.34. The van der Waals surface area contributed by atoms with Crippen LogP contribution < -0.4 is 10.6 Å². The number of anilines is 1. The lowest BCUT2D eigenvalue weighted by Gasteiger charge is -2.06. The van der Waals surface area contributed by atoms with Gasteiger partial charge in [-0.3, -0.25) is 9.59 Å². The van der Waals surface area contributed by atoms with Gasteiger partial charge in [0.15, 0.2) is 0 Å². The van der Waals surface area contributed by atoms with Crippen LogP contribution in [0.2, 0.25) is 0 Å². The molecule has 1 aromatic carbocycles. The van der Waals surface area contributed by atoms with Crippen LogP contribution in [0.15, 0.2) is 66.4 Å². The molecule has 0 radical (unpaired) electrons. The third-order valence-electron chi connectivity index (χ3n) is 2.39. The minimum Gasteiger partial charge on any atom is -0.318 e. The van der Waals surface area contributed by atoms with Gasteiger partial charge in [0.05, 0.1) is 0 Å². The van der Waals surface area contributed by atoms with E-state index in [1.165, 1.54) is 0 Å². The van der Waals surface area contributed by atoms with Gasteiger partial charge in [-0.25, -0.2) is 0 Å². The second-order valence-corrected chi connectivity index (χ2v) is 3.90. The molecule has 0 heterocycles. The lowest BCUT2D eigenvalue weighted by atomic mass is 10.3. The molecule has 1 rings (SSSR count). The topological polar surface area (TPSA) is 58.2 Å². The maximum Gasteiger partial charge on any atom is 0.314 e. The third kappa shape index (κ3) is 5.35. The SMILES string of the molecule is C\C=C/C=C\C(=C/C)NC(=O)C(=O)Nc1ccccc1. The molecule has 0 saturated heterocycles. The average Bonchev–Trinajstić information content (AvgIpc) is 2.47. The van der Waals surface area contributed by atoms with Crippen molar-refractivity contribution < 1.29 is 9.59 Å². The molecule has 0 aromatic heterocycles. The number of hydrogen-bond donors (Lipinski definition) is 2. The summed E-state index contributed by atoms with van der Waals surface area (Å²) in [6.07, 6.45) is 8.92. The molecule has 0 atom stereocenters. The van der Waals surface area contributed by atoms with Crippen LogP contribution in [-0.4, -0.2) is 11.8 Å². The van der Waals surface area contributed by atoms with Gasteiger partial charge in [-0.05, 0) is 32.1 Å². The number of allylic oxidation sites excluding steroid dienone is 5. The highest BCUT2D eigenvalue weighted by Gasteiger charge is 2.13. The van der Waals surface area contributed by atoms with Crippen molar-refractivity contribution >= 4 is 17.5 Å². The first-order valence-corrected chi connectivity index (χ1v) is 6.30. The zero-order chi connectivity index (χ0) is 14.8. The Bertz CT molecular complexity index is 543. The number of amides is 2. The van der Waals surface area contributed by atoms with Crippen molar-refractivity contribution in [1.29, 1.82) is 0 Å². The van der Waals surface area contributed by atoms with E-state index in [1.54, 1.807) is 49.4 Å². The number of hydrogen-bond acceptors (Lipinski definition) is 2. The van der Waals surface area contributed by atoms with Crippen LogP contribution >= 0.6 is 0 Å². The van der Waals surface area contributed by atoms with Crippen LogP contribution in [0.3, 0.4) is 0 Å². The van der Waals surface area contributed by atoms with Crippen molar-refractivity contribution in [2.24, 2.45) is 0 Å². The fourth-order valence-electron chi connectivity index (χ4n) is 1.38. The van der Waals surface area contributed by atoms with E-state index in [-0.39, 0.29) is 0 Å². The standard InChI is InChI=1S/C16H18N2O2/c1-3-5-7-10-13(4-2)17-15(19)16(20)18-14-11-8-6-9-12-14/h3-12H,1-2H3,(H,17,19)(H,18,20)/b5-3-,10-7-,13-4+. The van der Waals surface area contributed by atoms with Crippen molar-refractivity contribution in [2.75, 3.05) is 5.32 Å². The quantitative estimate of drug-likeness (QED) is 0.653. The number of para-hydroxylation sites is 1. The second kappa shape index (κ2) is 8.48. The smallest absolute Gasteiger partial charge is 0.314 e. The molecule has 2 amide bonds. The fourth-order valence-corrected chi connectivity index (χ4v) is 1.38. The summed E-state index contributed by atoms with van der Waals surface area (Å²) >= 11 is 0. The first kappa shape index (κ1) is 15.4. The third-order valence-corrected chi connectivity index (χ3v) is 2.39. The predicted octanol–water partition coefficient (Wildman–Crippen LogP) is 2.78. The summed E-state index contributed by atoms with van der Waals surface area (Å²) in [7, 11) is 0. The van der Waals surface area contributed by atoms with E-state index in [1.807, 2.05) is 25.1 Å². The van der Waals surface area contributed by atoms with Crippen molar-refractivity contribution in [3.63, 3.8) is 0 Å². The van der Waals surface area contributed by atoms with Crippen molar-refractivity contribution in [2.45, 2.75) is 13.8 Å². The zero-order valence-corrected chi connectivity index (χ0v) is 11.6. The molecule has 0 aliphatic heterocycles. The van der Waals surface area contributed by atoms with Gasteiger partial charge in [0, 0.05) is 11.4 Å². The van der Waals surface area contributed by atoms with Crippen LogP contribution in [-0.2, 0) is 9.59 Å². The van der Waals surface area contributed by atoms with Crippen molar-refractivity contribution in [3.8, 4) is 0 Å². The molecule has 0 fully saturated rings. The Hall–Kier alpha value is -2.62. The minimum atomic E-state index is -0.702. The lowest BCUT2D eigenvalue weighted by molar-refractivity contribution is -0.135. The highest BCUT2D eigenvalue weighted by atomic mass is 16.2. The van der Waals surface area contributed by atoms with Gasteiger partial charge in [0.25, 0.3) is 0 Å². The van der Waals surface area contributed by atoms with Crippen LogP contribution in [0.1, 0.15) is 13.8 Å². The maximum absolute atomic E-state index is 11.7. The van der Waals surface area contributed by atoms with Crippen LogP contribution in [0, 0.1) is 0 Å². The molecule has 0 spiro atoms. The molecule has 0 aliphatic carbocycles. The highest BCUT2D eigenvalue weighted by molar-refractivity contribution is 6.40. The molecule has 0 unspecified atom stereocenters. The molecule has 4 nitrogen and oxygen atoms in total. The maximum atomic E-state index is 11.7. The number of nitrogens with one attached hydrogen (secondary N) is 2. The van der Waals surface area contributed by atoms with Crippen molar-refractivity contribution in [3.05, 3.63) is 66.4 Å². The Morgan fingerprint density at radius 1 is 1.00 bits per heavy atom. The molecule has 0 bridgehead atoms. The molecular weight excluding hydrogens is 252 g/mol. The Morgan fingerprint density at radius 3 is 2.30 bits per heavy atom. The fraction of sp³-hybridized carbons (Fsp3) is 0.125. The van der Waals surface area contributed by atoms with Gasteiger partial charge in [-0.2, -0.15) is 0 Å². The summed E-state index contributed by atoms with van der Waals surface area (Å²) in [5.41, 5.74) is 1.15. The minimum absolute atomic E-state index is 0.566. The Labute approximate surface area is 118 Å². The molecule has 2 N–H and O–H groups in total. The first-order chi connectivity index (χ1) is 9.67. The average molecular weight is 270 g/mol. The number of carbonyl (C=O) groups excluding carboxylic acids is 2. The number of rotatable bonds is 4. The first-order valence-electron chi connectivity index (χ1n) is 6.30. The van der Waals surface area contributed by atoms with E-state index in [2.05, 4.69) is 10.6 Å². The molecule has 20 heavy (non-hydrogen) atoms.